The molecule has 3 rings (SSSR count). The van der Waals surface area contributed by atoms with Crippen molar-refractivity contribution in [2.75, 3.05) is 6.61 Å². The van der Waals surface area contributed by atoms with Gasteiger partial charge in [-0.2, -0.15) is 0 Å². The Labute approximate surface area is 129 Å². The molecule has 0 bridgehead atoms. The maximum Gasteiger partial charge on any atom is 0.273 e. The number of benzene rings is 1. The maximum absolute atomic E-state index is 12.3. The Kier molecular flexibility index (Phi) is 3.98. The third-order valence-corrected chi connectivity index (χ3v) is 4.51. The van der Waals surface area contributed by atoms with Crippen LogP contribution in [0.2, 0.25) is 0 Å². The van der Waals surface area contributed by atoms with E-state index < -0.39 is 0 Å². The topological polar surface area (TPSA) is 75.4 Å². The normalized spacial score (nSPS) is 24.4. The molecule has 0 saturated heterocycles. The number of aliphatic hydroxyl groups excluding tert-OH is 1. The standard InChI is InChI=1S/C17H20N2O3/c1-17(11-20)9-5-8-14(17)19-15(21)13-10-22-16(18-13)12-6-3-2-4-7-12/h2-4,6-7,10,14,20H,5,8-9,11H2,1H3,(H,19,21). The predicted octanol–water partition coefficient (Wildman–Crippen LogP) is 2.62. The van der Waals surface area contributed by atoms with Gasteiger partial charge in [-0.1, -0.05) is 31.5 Å². The molecule has 1 aromatic carbocycles. The van der Waals surface area contributed by atoms with Crippen molar-refractivity contribution < 1.29 is 14.3 Å². The number of aromatic nitrogens is 1. The van der Waals surface area contributed by atoms with E-state index in [1.54, 1.807) is 0 Å². The number of carbonyl (C=O) groups is 1. The summed E-state index contributed by atoms with van der Waals surface area (Å²) in [7, 11) is 0. The monoisotopic (exact) mass is 300 g/mol. The van der Waals surface area contributed by atoms with Gasteiger partial charge in [0.15, 0.2) is 5.69 Å². The van der Waals surface area contributed by atoms with E-state index in [1.807, 2.05) is 37.3 Å². The fraction of sp³-hybridized carbons (Fsp3) is 0.412. The third kappa shape index (κ3) is 2.76. The Hall–Kier alpha value is -2.14. The van der Waals surface area contributed by atoms with Crippen molar-refractivity contribution in [1.82, 2.24) is 10.3 Å². The number of nitrogens with one attached hydrogen (secondary N) is 1. The Balaban J connectivity index is 1.72. The van der Waals surface area contributed by atoms with E-state index in [0.717, 1.165) is 24.8 Å². The zero-order chi connectivity index (χ0) is 15.6. The van der Waals surface area contributed by atoms with Crippen LogP contribution in [0.15, 0.2) is 41.0 Å². The van der Waals surface area contributed by atoms with E-state index in [-0.39, 0.29) is 29.7 Å². The number of amides is 1. The molecule has 1 fully saturated rings. The van der Waals surface area contributed by atoms with Crippen LogP contribution >= 0.6 is 0 Å². The average Bonchev–Trinajstić information content (AvgIpc) is 3.17. The summed E-state index contributed by atoms with van der Waals surface area (Å²) in [6, 6.07) is 9.44. The van der Waals surface area contributed by atoms with E-state index in [0.29, 0.717) is 5.89 Å². The van der Waals surface area contributed by atoms with E-state index in [4.69, 9.17) is 4.42 Å². The van der Waals surface area contributed by atoms with Crippen LogP contribution in [-0.4, -0.2) is 28.6 Å². The lowest BCUT2D eigenvalue weighted by molar-refractivity contribution is 0.0826. The number of hydrogen-bond donors (Lipinski definition) is 2. The second kappa shape index (κ2) is 5.93. The Morgan fingerprint density at radius 1 is 1.45 bits per heavy atom. The van der Waals surface area contributed by atoms with Gasteiger partial charge in [0.25, 0.3) is 5.91 Å². The highest BCUT2D eigenvalue weighted by atomic mass is 16.3. The van der Waals surface area contributed by atoms with Crippen LogP contribution in [0.3, 0.4) is 0 Å². The van der Waals surface area contributed by atoms with Crippen LogP contribution < -0.4 is 5.32 Å². The quantitative estimate of drug-likeness (QED) is 0.910. The van der Waals surface area contributed by atoms with Crippen LogP contribution in [0.25, 0.3) is 11.5 Å². The summed E-state index contributed by atoms with van der Waals surface area (Å²) >= 11 is 0. The molecule has 116 valence electrons. The zero-order valence-corrected chi connectivity index (χ0v) is 12.6. The molecule has 1 heterocycles. The SMILES string of the molecule is CC1(CO)CCCC1NC(=O)c1coc(-c2ccccc2)n1. The summed E-state index contributed by atoms with van der Waals surface area (Å²) in [5.74, 6) is 0.180. The van der Waals surface area contributed by atoms with Crippen LogP contribution in [0.1, 0.15) is 36.7 Å². The first-order valence-electron chi connectivity index (χ1n) is 7.55. The van der Waals surface area contributed by atoms with Crippen LogP contribution in [0.5, 0.6) is 0 Å². The first kappa shape index (κ1) is 14.8. The molecule has 2 atom stereocenters. The van der Waals surface area contributed by atoms with Crippen LogP contribution in [0, 0.1) is 5.41 Å². The highest BCUT2D eigenvalue weighted by Gasteiger charge is 2.39. The molecule has 1 aromatic heterocycles. The molecule has 22 heavy (non-hydrogen) atoms. The number of oxazole rings is 1. The van der Waals surface area contributed by atoms with Gasteiger partial charge in [-0.25, -0.2) is 4.98 Å². The van der Waals surface area contributed by atoms with E-state index in [2.05, 4.69) is 10.3 Å². The van der Waals surface area contributed by atoms with Crippen LogP contribution in [0.4, 0.5) is 0 Å². The molecule has 5 nitrogen and oxygen atoms in total. The Morgan fingerprint density at radius 3 is 2.95 bits per heavy atom. The zero-order valence-electron chi connectivity index (χ0n) is 12.6. The van der Waals surface area contributed by atoms with E-state index >= 15 is 0 Å². The molecule has 0 spiro atoms. The average molecular weight is 300 g/mol. The molecule has 1 aliphatic rings. The summed E-state index contributed by atoms with van der Waals surface area (Å²) in [5.41, 5.74) is 0.857. The fourth-order valence-electron chi connectivity index (χ4n) is 2.99. The van der Waals surface area contributed by atoms with E-state index in [9.17, 15) is 9.90 Å². The molecule has 2 N–H and O–H groups in total. The van der Waals surface area contributed by atoms with Gasteiger partial charge in [-0.3, -0.25) is 4.79 Å². The molecule has 2 aromatic rings. The predicted molar refractivity (Wildman–Crippen MR) is 82.2 cm³/mol. The Morgan fingerprint density at radius 2 is 2.23 bits per heavy atom. The van der Waals surface area contributed by atoms with Crippen molar-refractivity contribution in [3.8, 4) is 11.5 Å². The molecule has 2 unspecified atom stereocenters. The van der Waals surface area contributed by atoms with Gasteiger partial charge in [0.1, 0.15) is 6.26 Å². The first-order valence-corrected chi connectivity index (χ1v) is 7.55. The van der Waals surface area contributed by atoms with Crippen LogP contribution in [-0.2, 0) is 0 Å². The summed E-state index contributed by atoms with van der Waals surface area (Å²) in [6.45, 7) is 2.08. The lowest BCUT2D eigenvalue weighted by atomic mass is 9.86. The van der Waals surface area contributed by atoms with Gasteiger partial charge in [-0.05, 0) is 25.0 Å². The highest BCUT2D eigenvalue weighted by molar-refractivity contribution is 5.92. The Bertz CT molecular complexity index is 653. The fourth-order valence-corrected chi connectivity index (χ4v) is 2.99. The number of carbonyl (C=O) groups excluding carboxylic acids is 1. The molecule has 0 radical (unpaired) electrons. The highest BCUT2D eigenvalue weighted by Crippen LogP contribution is 2.37. The molecule has 1 saturated carbocycles. The number of rotatable bonds is 4. The second-order valence-corrected chi connectivity index (χ2v) is 6.13. The molecule has 1 amide bonds. The smallest absolute Gasteiger partial charge is 0.273 e. The van der Waals surface area contributed by atoms with Crippen molar-refractivity contribution >= 4 is 5.91 Å². The number of aliphatic hydroxyl groups is 1. The lowest BCUT2D eigenvalue weighted by Crippen LogP contribution is -2.44. The summed E-state index contributed by atoms with van der Waals surface area (Å²) in [6.07, 6.45) is 4.19. The summed E-state index contributed by atoms with van der Waals surface area (Å²) < 4.78 is 5.39. The van der Waals surface area contributed by atoms with Gasteiger partial charge in [0.05, 0.1) is 6.61 Å². The molecule has 5 heteroatoms. The maximum atomic E-state index is 12.3. The minimum Gasteiger partial charge on any atom is -0.444 e. The summed E-state index contributed by atoms with van der Waals surface area (Å²) in [5, 5.41) is 12.5. The largest absolute Gasteiger partial charge is 0.444 e. The van der Waals surface area contributed by atoms with Gasteiger partial charge >= 0.3 is 0 Å². The van der Waals surface area contributed by atoms with Gasteiger partial charge in [0, 0.05) is 17.0 Å². The number of nitrogens with zero attached hydrogens (tertiary/aromatic N) is 1. The van der Waals surface area contributed by atoms with Crippen molar-refractivity contribution in [3.63, 3.8) is 0 Å². The first-order chi connectivity index (χ1) is 10.6. The van der Waals surface area contributed by atoms with Crippen molar-refractivity contribution in [2.45, 2.75) is 32.2 Å². The van der Waals surface area contributed by atoms with Crippen molar-refractivity contribution in [3.05, 3.63) is 42.3 Å². The van der Waals surface area contributed by atoms with Crippen molar-refractivity contribution in [2.24, 2.45) is 5.41 Å². The lowest BCUT2D eigenvalue weighted by Gasteiger charge is -2.29. The summed E-state index contributed by atoms with van der Waals surface area (Å²) in [4.78, 5) is 16.6. The van der Waals surface area contributed by atoms with Gasteiger partial charge in [0.2, 0.25) is 5.89 Å². The van der Waals surface area contributed by atoms with E-state index in [1.165, 1.54) is 6.26 Å². The molecule has 1 aliphatic carbocycles. The molecular formula is C17H20N2O3. The van der Waals surface area contributed by atoms with Crippen molar-refractivity contribution in [1.29, 1.82) is 0 Å². The molecular weight excluding hydrogens is 280 g/mol. The minimum atomic E-state index is -0.252. The second-order valence-electron chi connectivity index (χ2n) is 6.13. The third-order valence-electron chi connectivity index (χ3n) is 4.51. The number of hydrogen-bond acceptors (Lipinski definition) is 4. The molecule has 0 aliphatic heterocycles. The van der Waals surface area contributed by atoms with Gasteiger partial charge < -0.3 is 14.8 Å². The van der Waals surface area contributed by atoms with Gasteiger partial charge in [-0.15, -0.1) is 0 Å². The minimum absolute atomic E-state index is 0.0260.